The van der Waals surface area contributed by atoms with Gasteiger partial charge in [-0.3, -0.25) is 4.79 Å². The number of rotatable bonds is 3. The van der Waals surface area contributed by atoms with Crippen molar-refractivity contribution in [3.05, 3.63) is 21.9 Å². The van der Waals surface area contributed by atoms with Crippen molar-refractivity contribution in [3.8, 4) is 0 Å². The Morgan fingerprint density at radius 1 is 1.42 bits per heavy atom. The molecule has 0 saturated carbocycles. The van der Waals surface area contributed by atoms with Crippen LogP contribution in [0.3, 0.4) is 0 Å². The summed E-state index contributed by atoms with van der Waals surface area (Å²) in [4.78, 5) is 21.7. The van der Waals surface area contributed by atoms with Crippen molar-refractivity contribution in [2.75, 3.05) is 0 Å². The van der Waals surface area contributed by atoms with Crippen LogP contribution in [0.2, 0.25) is 0 Å². The summed E-state index contributed by atoms with van der Waals surface area (Å²) >= 11 is 1.24. The average molecular weight is 184 g/mol. The minimum atomic E-state index is -1.03. The van der Waals surface area contributed by atoms with Gasteiger partial charge in [-0.25, -0.2) is 4.79 Å². The third-order valence-corrected chi connectivity index (χ3v) is 2.26. The molecule has 0 unspecified atom stereocenters. The molecule has 4 heteroatoms. The van der Waals surface area contributed by atoms with Crippen molar-refractivity contribution >= 4 is 23.1 Å². The van der Waals surface area contributed by atoms with E-state index in [-0.39, 0.29) is 11.3 Å². The maximum atomic E-state index is 11.1. The lowest BCUT2D eigenvalue weighted by Crippen LogP contribution is -2.04. The van der Waals surface area contributed by atoms with Crippen molar-refractivity contribution in [2.24, 2.45) is 0 Å². The molecule has 0 aromatic carbocycles. The van der Waals surface area contributed by atoms with Gasteiger partial charge in [0, 0.05) is 22.7 Å². The second kappa shape index (κ2) is 3.49. The zero-order valence-electron chi connectivity index (χ0n) is 6.53. The van der Waals surface area contributed by atoms with E-state index in [0.29, 0.717) is 12.0 Å². The first-order valence-corrected chi connectivity index (χ1v) is 4.43. The number of hydrogen-bond donors (Lipinski definition) is 1. The molecule has 0 aliphatic rings. The van der Waals surface area contributed by atoms with E-state index < -0.39 is 5.97 Å². The van der Waals surface area contributed by atoms with Crippen molar-refractivity contribution in [2.45, 2.75) is 13.3 Å². The van der Waals surface area contributed by atoms with Gasteiger partial charge in [0.25, 0.3) is 0 Å². The van der Waals surface area contributed by atoms with Crippen LogP contribution >= 0.6 is 11.3 Å². The fraction of sp³-hybridized carbons (Fsp3) is 0.250. The lowest BCUT2D eigenvalue weighted by molar-refractivity contribution is 0.0692. The molecule has 0 aliphatic heterocycles. The third kappa shape index (κ3) is 1.53. The second-order valence-electron chi connectivity index (χ2n) is 2.28. The fourth-order valence-corrected chi connectivity index (χ4v) is 1.70. The van der Waals surface area contributed by atoms with Crippen molar-refractivity contribution < 1.29 is 14.7 Å². The highest BCUT2D eigenvalue weighted by atomic mass is 32.1. The molecule has 0 saturated heterocycles. The van der Waals surface area contributed by atoms with Crippen LogP contribution in [0.1, 0.15) is 34.1 Å². The second-order valence-corrected chi connectivity index (χ2v) is 3.02. The van der Waals surface area contributed by atoms with E-state index in [0.717, 1.165) is 0 Å². The van der Waals surface area contributed by atoms with Crippen LogP contribution < -0.4 is 0 Å². The third-order valence-electron chi connectivity index (χ3n) is 1.51. The molecule has 1 heterocycles. The van der Waals surface area contributed by atoms with Gasteiger partial charge >= 0.3 is 5.97 Å². The monoisotopic (exact) mass is 184 g/mol. The standard InChI is InChI=1S/C8H8O3S/c1-2-7(9)5-3-12-4-6(5)8(10)11/h3-4H,2H2,1H3,(H,10,11). The summed E-state index contributed by atoms with van der Waals surface area (Å²) < 4.78 is 0. The molecule has 0 spiro atoms. The van der Waals surface area contributed by atoms with E-state index in [1.807, 2.05) is 0 Å². The van der Waals surface area contributed by atoms with E-state index >= 15 is 0 Å². The molecule has 0 amide bonds. The number of thiophene rings is 1. The van der Waals surface area contributed by atoms with E-state index in [2.05, 4.69) is 0 Å². The molecule has 12 heavy (non-hydrogen) atoms. The van der Waals surface area contributed by atoms with Crippen molar-refractivity contribution in [1.29, 1.82) is 0 Å². The highest BCUT2D eigenvalue weighted by Gasteiger charge is 2.15. The molecule has 0 atom stereocenters. The molecule has 0 aliphatic carbocycles. The van der Waals surface area contributed by atoms with Gasteiger partial charge in [0.2, 0.25) is 0 Å². The zero-order valence-corrected chi connectivity index (χ0v) is 7.35. The highest BCUT2D eigenvalue weighted by Crippen LogP contribution is 2.16. The first-order chi connectivity index (χ1) is 5.66. The van der Waals surface area contributed by atoms with Gasteiger partial charge in [0.1, 0.15) is 0 Å². The van der Waals surface area contributed by atoms with Crippen LogP contribution in [-0.2, 0) is 0 Å². The van der Waals surface area contributed by atoms with E-state index in [4.69, 9.17) is 5.11 Å². The summed E-state index contributed by atoms with van der Waals surface area (Å²) in [5, 5.41) is 11.7. The predicted octanol–water partition coefficient (Wildman–Crippen LogP) is 2.04. The number of aromatic carboxylic acids is 1. The molecule has 1 aromatic rings. The fourth-order valence-electron chi connectivity index (χ4n) is 0.869. The van der Waals surface area contributed by atoms with Crippen LogP contribution in [0.15, 0.2) is 10.8 Å². The van der Waals surface area contributed by atoms with Crippen molar-refractivity contribution in [1.82, 2.24) is 0 Å². The van der Waals surface area contributed by atoms with Crippen molar-refractivity contribution in [3.63, 3.8) is 0 Å². The van der Waals surface area contributed by atoms with Gasteiger partial charge in [-0.2, -0.15) is 11.3 Å². The number of carbonyl (C=O) groups excluding carboxylic acids is 1. The first-order valence-electron chi connectivity index (χ1n) is 3.49. The normalized spacial score (nSPS) is 9.75. The zero-order chi connectivity index (χ0) is 9.14. The quantitative estimate of drug-likeness (QED) is 0.731. The molecule has 0 radical (unpaired) electrons. The highest BCUT2D eigenvalue weighted by molar-refractivity contribution is 7.08. The number of Topliss-reactive ketones (excluding diaryl/α,β-unsaturated/α-hetero) is 1. The summed E-state index contributed by atoms with van der Waals surface area (Å²) in [5.74, 6) is -1.15. The Hall–Kier alpha value is -1.16. The van der Waals surface area contributed by atoms with Crippen LogP contribution in [-0.4, -0.2) is 16.9 Å². The minimum absolute atomic E-state index is 0.117. The van der Waals surface area contributed by atoms with Gasteiger partial charge in [-0.05, 0) is 0 Å². The average Bonchev–Trinajstić information content (AvgIpc) is 2.50. The Labute approximate surface area is 73.6 Å². The van der Waals surface area contributed by atoms with Crippen LogP contribution in [0.4, 0.5) is 0 Å². The number of carbonyl (C=O) groups is 2. The van der Waals surface area contributed by atoms with Crippen LogP contribution in [0, 0.1) is 0 Å². The van der Waals surface area contributed by atoms with Gasteiger partial charge < -0.3 is 5.11 Å². The maximum absolute atomic E-state index is 11.1. The van der Waals surface area contributed by atoms with E-state index in [9.17, 15) is 9.59 Å². The summed E-state index contributed by atoms with van der Waals surface area (Å²) in [6.45, 7) is 1.71. The number of carboxylic acids is 1. The molecule has 1 aromatic heterocycles. The Morgan fingerprint density at radius 3 is 2.50 bits per heavy atom. The molecule has 0 bridgehead atoms. The largest absolute Gasteiger partial charge is 0.478 e. The Balaban J connectivity index is 3.07. The Bertz CT molecular complexity index is 314. The van der Waals surface area contributed by atoms with Gasteiger partial charge in [-0.15, -0.1) is 0 Å². The van der Waals surface area contributed by atoms with Gasteiger partial charge in [-0.1, -0.05) is 6.92 Å². The molecule has 1 N–H and O–H groups in total. The summed E-state index contributed by atoms with van der Waals surface area (Å²) in [6.07, 6.45) is 0.344. The minimum Gasteiger partial charge on any atom is -0.478 e. The van der Waals surface area contributed by atoms with Gasteiger partial charge in [0.05, 0.1) is 5.56 Å². The molecule has 1 rings (SSSR count). The van der Waals surface area contributed by atoms with Gasteiger partial charge in [0.15, 0.2) is 5.78 Å². The number of hydrogen-bond acceptors (Lipinski definition) is 3. The molecule has 0 fully saturated rings. The lowest BCUT2D eigenvalue weighted by atomic mass is 10.1. The van der Waals surface area contributed by atoms with E-state index in [1.54, 1.807) is 12.3 Å². The number of carboxylic acid groups (broad SMARTS) is 1. The summed E-state index contributed by atoms with van der Waals surface area (Å²) in [5.41, 5.74) is 0.446. The van der Waals surface area contributed by atoms with E-state index in [1.165, 1.54) is 16.7 Å². The summed E-state index contributed by atoms with van der Waals surface area (Å²) in [7, 11) is 0. The first kappa shape index (κ1) is 8.93. The Morgan fingerprint density at radius 2 is 2.00 bits per heavy atom. The Kier molecular flexibility index (Phi) is 2.60. The van der Waals surface area contributed by atoms with Crippen LogP contribution in [0.25, 0.3) is 0 Å². The smallest absolute Gasteiger partial charge is 0.337 e. The molecule has 3 nitrogen and oxygen atoms in total. The van der Waals surface area contributed by atoms with Crippen LogP contribution in [0.5, 0.6) is 0 Å². The SMILES string of the molecule is CCC(=O)c1cscc1C(=O)O. The topological polar surface area (TPSA) is 54.4 Å². The molecular formula is C8H8O3S. The maximum Gasteiger partial charge on any atom is 0.337 e. The lowest BCUT2D eigenvalue weighted by Gasteiger charge is -1.94. The molecular weight excluding hydrogens is 176 g/mol. The number of ketones is 1. The predicted molar refractivity (Wildman–Crippen MR) is 45.9 cm³/mol. The molecule has 64 valence electrons. The summed E-state index contributed by atoms with van der Waals surface area (Å²) in [6, 6.07) is 0.